The van der Waals surface area contributed by atoms with Crippen LogP contribution >= 0.6 is 0 Å². The fourth-order valence-corrected chi connectivity index (χ4v) is 5.13. The van der Waals surface area contributed by atoms with Crippen molar-refractivity contribution < 1.29 is 23.8 Å². The minimum atomic E-state index is -0.555. The molecule has 0 radical (unpaired) electrons. The Bertz CT molecular complexity index is 1300. The lowest BCUT2D eigenvalue weighted by atomic mass is 9.69. The molecule has 5 heteroatoms. The molecule has 0 aliphatic heterocycles. The number of ether oxygens (including phenoxy) is 2. The van der Waals surface area contributed by atoms with Crippen molar-refractivity contribution in [2.75, 3.05) is 13.7 Å². The Balaban J connectivity index is 1.92. The van der Waals surface area contributed by atoms with Crippen LogP contribution in [0.25, 0.3) is 11.1 Å². The molecule has 0 aliphatic carbocycles. The van der Waals surface area contributed by atoms with Crippen LogP contribution in [0.2, 0.25) is 0 Å². The molecule has 210 valence electrons. The smallest absolute Gasteiger partial charge is 0.310 e. The first-order valence-corrected chi connectivity index (χ1v) is 13.7. The number of hydrogen-bond donors (Lipinski definition) is 1. The summed E-state index contributed by atoms with van der Waals surface area (Å²) in [6, 6.07) is 17.8. The van der Waals surface area contributed by atoms with E-state index in [1.807, 2.05) is 39.8 Å². The number of rotatable bonds is 10. The Hall–Kier alpha value is -3.18. The number of methoxy groups -OCH3 is 1. The van der Waals surface area contributed by atoms with Crippen LogP contribution in [-0.4, -0.2) is 30.9 Å². The highest BCUT2D eigenvalue weighted by Gasteiger charge is 2.32. The van der Waals surface area contributed by atoms with Gasteiger partial charge in [0.1, 0.15) is 18.2 Å². The summed E-state index contributed by atoms with van der Waals surface area (Å²) in [4.78, 5) is 11.6. The van der Waals surface area contributed by atoms with Gasteiger partial charge in [-0.05, 0) is 83.2 Å². The number of benzene rings is 3. The van der Waals surface area contributed by atoms with Crippen molar-refractivity contribution in [3.63, 3.8) is 0 Å². The summed E-state index contributed by atoms with van der Waals surface area (Å²) in [6.07, 6.45) is 1.19. The van der Waals surface area contributed by atoms with Gasteiger partial charge in [0.25, 0.3) is 0 Å². The molecule has 0 aromatic heterocycles. The highest BCUT2D eigenvalue weighted by atomic mass is 19.1. The molecule has 3 aromatic rings. The molecule has 1 N–H and O–H groups in total. The maximum Gasteiger partial charge on any atom is 0.310 e. The minimum Gasteiger partial charge on any atom is -0.491 e. The molecular weight excluding hydrogens is 491 g/mol. The fraction of sp³-hybridized carbons (Fsp3) is 0.441. The molecule has 39 heavy (non-hydrogen) atoms. The molecule has 4 nitrogen and oxygen atoms in total. The summed E-state index contributed by atoms with van der Waals surface area (Å²) >= 11 is 0. The van der Waals surface area contributed by atoms with Crippen LogP contribution < -0.4 is 4.74 Å². The van der Waals surface area contributed by atoms with Crippen LogP contribution in [0, 0.1) is 25.1 Å². The Kier molecular flexibility index (Phi) is 9.60. The maximum atomic E-state index is 14.8. The number of aliphatic hydroxyl groups is 1. The van der Waals surface area contributed by atoms with Crippen molar-refractivity contribution in [2.45, 2.75) is 79.2 Å². The lowest BCUT2D eigenvalue weighted by Crippen LogP contribution is -2.32. The number of hydrogen-bond acceptors (Lipinski definition) is 4. The van der Waals surface area contributed by atoms with Crippen LogP contribution in [0.3, 0.4) is 0 Å². The normalized spacial score (nSPS) is 12.8. The summed E-state index contributed by atoms with van der Waals surface area (Å²) in [5.74, 6) is -0.0898. The Morgan fingerprint density at radius 1 is 0.923 bits per heavy atom. The highest BCUT2D eigenvalue weighted by molar-refractivity contribution is 5.74. The molecule has 3 rings (SSSR count). The molecule has 1 unspecified atom stereocenters. The largest absolute Gasteiger partial charge is 0.491 e. The first kappa shape index (κ1) is 30.4. The van der Waals surface area contributed by atoms with E-state index in [9.17, 15) is 14.3 Å². The van der Waals surface area contributed by atoms with Gasteiger partial charge < -0.3 is 14.6 Å². The van der Waals surface area contributed by atoms with Gasteiger partial charge in [0.2, 0.25) is 0 Å². The summed E-state index contributed by atoms with van der Waals surface area (Å²) < 4.78 is 25.4. The average molecular weight is 535 g/mol. The Morgan fingerprint density at radius 2 is 1.54 bits per heavy atom. The highest BCUT2D eigenvalue weighted by Crippen LogP contribution is 2.42. The lowest BCUT2D eigenvalue weighted by Gasteiger charge is -2.34. The van der Waals surface area contributed by atoms with Crippen molar-refractivity contribution in [2.24, 2.45) is 5.41 Å². The van der Waals surface area contributed by atoms with Crippen LogP contribution in [-0.2, 0) is 21.4 Å². The average Bonchev–Trinajstić information content (AvgIpc) is 2.89. The molecular formula is C34H43FO4. The topological polar surface area (TPSA) is 55.8 Å². The zero-order chi connectivity index (χ0) is 29.0. The van der Waals surface area contributed by atoms with E-state index in [4.69, 9.17) is 4.74 Å². The van der Waals surface area contributed by atoms with E-state index in [1.54, 1.807) is 6.07 Å². The van der Waals surface area contributed by atoms with E-state index >= 15 is 0 Å². The molecule has 0 saturated heterocycles. The number of aryl methyl sites for hydroxylation is 2. The molecule has 1 atom stereocenters. The lowest BCUT2D eigenvalue weighted by molar-refractivity contribution is -0.139. The van der Waals surface area contributed by atoms with Gasteiger partial charge in [-0.3, -0.25) is 4.79 Å². The molecule has 0 fully saturated rings. The summed E-state index contributed by atoms with van der Waals surface area (Å²) in [6.45, 7) is 14.8. The van der Waals surface area contributed by atoms with Crippen LogP contribution in [0.5, 0.6) is 5.75 Å². The van der Waals surface area contributed by atoms with Gasteiger partial charge in [-0.2, -0.15) is 0 Å². The third kappa shape index (κ3) is 6.70. The Morgan fingerprint density at radius 3 is 2.05 bits per heavy atom. The molecule has 0 bridgehead atoms. The summed E-state index contributed by atoms with van der Waals surface area (Å²) in [5.41, 5.74) is 6.17. The standard InChI is InChI=1S/C34H43FO4/c1-9-34(10-2,27-14-16-30(23(4)18-27)39-21-31(36)33(5,6)7)26-13-15-28(22(3)17-26)24-11-12-25(29(35)19-24)20-32(37)38-8/h11-19,31,36H,9-10,20-21H2,1-8H3. The van der Waals surface area contributed by atoms with Gasteiger partial charge in [0.05, 0.1) is 19.6 Å². The van der Waals surface area contributed by atoms with Crippen molar-refractivity contribution in [1.82, 2.24) is 0 Å². The minimum absolute atomic E-state index is 0.0868. The number of carbonyl (C=O) groups is 1. The number of aliphatic hydroxyl groups excluding tert-OH is 1. The zero-order valence-corrected chi connectivity index (χ0v) is 24.7. The Labute approximate surface area is 233 Å². The van der Waals surface area contributed by atoms with Gasteiger partial charge in [-0.25, -0.2) is 4.39 Å². The predicted octanol–water partition coefficient (Wildman–Crippen LogP) is 7.72. The van der Waals surface area contributed by atoms with E-state index in [1.165, 1.54) is 24.3 Å². The number of esters is 1. The van der Waals surface area contributed by atoms with Gasteiger partial charge in [-0.1, -0.05) is 77.1 Å². The predicted molar refractivity (Wildman–Crippen MR) is 156 cm³/mol. The van der Waals surface area contributed by atoms with E-state index < -0.39 is 17.9 Å². The zero-order valence-electron chi connectivity index (χ0n) is 24.7. The second-order valence-electron chi connectivity index (χ2n) is 11.6. The summed E-state index contributed by atoms with van der Waals surface area (Å²) in [5, 5.41) is 10.4. The second kappa shape index (κ2) is 12.3. The van der Waals surface area contributed by atoms with Gasteiger partial charge in [-0.15, -0.1) is 0 Å². The molecule has 0 aliphatic rings. The van der Waals surface area contributed by atoms with Crippen LogP contribution in [0.15, 0.2) is 54.6 Å². The van der Waals surface area contributed by atoms with E-state index in [0.29, 0.717) is 5.56 Å². The molecule has 0 heterocycles. The third-order valence-electron chi connectivity index (χ3n) is 8.04. The van der Waals surface area contributed by atoms with Crippen molar-refractivity contribution in [1.29, 1.82) is 0 Å². The first-order valence-electron chi connectivity index (χ1n) is 13.7. The van der Waals surface area contributed by atoms with E-state index in [2.05, 4.69) is 55.8 Å². The molecule has 0 saturated carbocycles. The van der Waals surface area contributed by atoms with E-state index in [-0.39, 0.29) is 23.9 Å². The van der Waals surface area contributed by atoms with Crippen molar-refractivity contribution in [3.8, 4) is 16.9 Å². The van der Waals surface area contributed by atoms with Gasteiger partial charge >= 0.3 is 5.97 Å². The summed E-state index contributed by atoms with van der Waals surface area (Å²) in [7, 11) is 1.30. The quantitative estimate of drug-likeness (QED) is 0.271. The van der Waals surface area contributed by atoms with Crippen molar-refractivity contribution >= 4 is 5.97 Å². The monoisotopic (exact) mass is 534 g/mol. The third-order valence-corrected chi connectivity index (χ3v) is 8.04. The van der Waals surface area contributed by atoms with Crippen LogP contribution in [0.4, 0.5) is 4.39 Å². The first-order chi connectivity index (χ1) is 18.4. The van der Waals surface area contributed by atoms with Gasteiger partial charge in [0.15, 0.2) is 0 Å². The fourth-order valence-electron chi connectivity index (χ4n) is 5.13. The second-order valence-corrected chi connectivity index (χ2v) is 11.6. The van der Waals surface area contributed by atoms with Gasteiger partial charge in [0, 0.05) is 5.41 Å². The molecule has 0 spiro atoms. The van der Waals surface area contributed by atoms with Crippen LogP contribution in [0.1, 0.15) is 75.3 Å². The SMILES string of the molecule is CCC(CC)(c1ccc(OCC(O)C(C)(C)C)c(C)c1)c1ccc(-c2ccc(CC(=O)OC)c(F)c2)c(C)c1. The maximum absolute atomic E-state index is 14.8. The molecule has 3 aromatic carbocycles. The number of carbonyl (C=O) groups excluding carboxylic acids is 1. The number of halogens is 1. The van der Waals surface area contributed by atoms with E-state index in [0.717, 1.165) is 40.8 Å². The van der Waals surface area contributed by atoms with Crippen molar-refractivity contribution in [3.05, 3.63) is 88.2 Å². The molecule has 0 amide bonds.